The zero-order valence-corrected chi connectivity index (χ0v) is 10.9. The average Bonchev–Trinajstić information content (AvgIpc) is 2.28. The van der Waals surface area contributed by atoms with E-state index in [1.165, 1.54) is 5.56 Å². The van der Waals surface area contributed by atoms with Crippen molar-refractivity contribution in [3.63, 3.8) is 0 Å². The van der Waals surface area contributed by atoms with Crippen LogP contribution in [0.2, 0.25) is 0 Å². The molecule has 17 heavy (non-hydrogen) atoms. The van der Waals surface area contributed by atoms with Crippen LogP contribution >= 0.6 is 12.2 Å². The van der Waals surface area contributed by atoms with E-state index in [0.717, 1.165) is 25.3 Å². The Balaban J connectivity index is 2.05. The Labute approximate surface area is 108 Å². The van der Waals surface area contributed by atoms with Crippen molar-refractivity contribution in [2.24, 2.45) is 5.73 Å². The number of fused-ring (bicyclic) bond motifs is 1. The first kappa shape index (κ1) is 12.3. The number of hydrogen-bond donors (Lipinski definition) is 1. The molecule has 1 atom stereocenters. The van der Waals surface area contributed by atoms with Crippen molar-refractivity contribution in [3.8, 4) is 5.75 Å². The van der Waals surface area contributed by atoms with Gasteiger partial charge in [-0.2, -0.15) is 0 Å². The van der Waals surface area contributed by atoms with Crippen LogP contribution in [0.15, 0.2) is 24.3 Å². The normalized spacial score (nSPS) is 18.6. The molecule has 0 spiro atoms. The van der Waals surface area contributed by atoms with Gasteiger partial charge in [-0.25, -0.2) is 0 Å². The predicted octanol–water partition coefficient (Wildman–Crippen LogP) is 1.77. The number of nitrogens with two attached hydrogens (primary N) is 1. The van der Waals surface area contributed by atoms with Crippen molar-refractivity contribution in [2.75, 3.05) is 26.7 Å². The monoisotopic (exact) mass is 250 g/mol. The summed E-state index contributed by atoms with van der Waals surface area (Å²) in [6, 6.07) is 8.26. The van der Waals surface area contributed by atoms with Crippen molar-refractivity contribution in [3.05, 3.63) is 29.8 Å². The molecule has 1 heterocycles. The summed E-state index contributed by atoms with van der Waals surface area (Å²) in [5.74, 6) is 1.53. The van der Waals surface area contributed by atoms with Crippen LogP contribution in [0.25, 0.3) is 0 Å². The number of para-hydroxylation sites is 1. The van der Waals surface area contributed by atoms with Gasteiger partial charge in [0, 0.05) is 19.0 Å². The topological polar surface area (TPSA) is 38.5 Å². The summed E-state index contributed by atoms with van der Waals surface area (Å²) in [6.45, 7) is 2.44. The molecule has 0 aromatic heterocycles. The van der Waals surface area contributed by atoms with Gasteiger partial charge in [0.1, 0.15) is 5.75 Å². The second kappa shape index (κ2) is 5.47. The van der Waals surface area contributed by atoms with E-state index in [4.69, 9.17) is 22.7 Å². The van der Waals surface area contributed by atoms with Crippen LogP contribution in [0.5, 0.6) is 5.75 Å². The van der Waals surface area contributed by atoms with Gasteiger partial charge >= 0.3 is 0 Å². The fourth-order valence-electron chi connectivity index (χ4n) is 2.31. The maximum absolute atomic E-state index is 5.65. The van der Waals surface area contributed by atoms with Gasteiger partial charge in [0.2, 0.25) is 0 Å². The molecule has 0 bridgehead atoms. The summed E-state index contributed by atoms with van der Waals surface area (Å²) in [6.07, 6.45) is 1.05. The Bertz CT molecular complexity index is 408. The van der Waals surface area contributed by atoms with E-state index in [1.807, 2.05) is 12.1 Å². The third-order valence-electron chi connectivity index (χ3n) is 3.04. The van der Waals surface area contributed by atoms with Gasteiger partial charge < -0.3 is 10.5 Å². The van der Waals surface area contributed by atoms with E-state index in [2.05, 4.69) is 24.1 Å². The second-order valence-electron chi connectivity index (χ2n) is 4.53. The smallest absolute Gasteiger partial charge is 0.122 e. The molecule has 92 valence electrons. The first-order valence-electron chi connectivity index (χ1n) is 5.85. The molecule has 0 aliphatic carbocycles. The van der Waals surface area contributed by atoms with E-state index in [0.29, 0.717) is 17.5 Å². The molecule has 1 aliphatic rings. The highest BCUT2D eigenvalue weighted by Gasteiger charge is 2.22. The average molecular weight is 250 g/mol. The fraction of sp³-hybridized carbons (Fsp3) is 0.462. The predicted molar refractivity (Wildman–Crippen MR) is 73.6 cm³/mol. The number of thiocarbonyl (C=S) groups is 1. The Morgan fingerprint density at radius 3 is 3.06 bits per heavy atom. The van der Waals surface area contributed by atoms with E-state index in [-0.39, 0.29) is 0 Å². The second-order valence-corrected chi connectivity index (χ2v) is 5.06. The minimum Gasteiger partial charge on any atom is -0.493 e. The van der Waals surface area contributed by atoms with E-state index >= 15 is 0 Å². The fourth-order valence-corrected chi connectivity index (χ4v) is 2.53. The van der Waals surface area contributed by atoms with E-state index < -0.39 is 0 Å². The van der Waals surface area contributed by atoms with Crippen molar-refractivity contribution >= 4 is 17.2 Å². The molecule has 1 aliphatic heterocycles. The van der Waals surface area contributed by atoms with Crippen LogP contribution in [0.1, 0.15) is 17.9 Å². The van der Waals surface area contributed by atoms with Gasteiger partial charge in [-0.1, -0.05) is 30.4 Å². The number of likely N-dealkylation sites (N-methyl/N-ethyl adjacent to an activating group) is 1. The molecule has 3 nitrogen and oxygen atoms in total. The highest BCUT2D eigenvalue weighted by Crippen LogP contribution is 2.33. The quantitative estimate of drug-likeness (QED) is 0.827. The largest absolute Gasteiger partial charge is 0.493 e. The van der Waals surface area contributed by atoms with Gasteiger partial charge in [-0.05, 0) is 25.1 Å². The van der Waals surface area contributed by atoms with Gasteiger partial charge in [0.05, 0.1) is 11.6 Å². The highest BCUT2D eigenvalue weighted by atomic mass is 32.1. The van der Waals surface area contributed by atoms with Crippen LogP contribution in [0, 0.1) is 0 Å². The number of hydrogen-bond acceptors (Lipinski definition) is 3. The molecule has 2 N–H and O–H groups in total. The summed E-state index contributed by atoms with van der Waals surface area (Å²) in [5, 5.41) is 0. The van der Waals surface area contributed by atoms with Crippen LogP contribution in [-0.4, -0.2) is 36.6 Å². The highest BCUT2D eigenvalue weighted by molar-refractivity contribution is 7.80. The SMILES string of the molecule is CN(CC(N)=S)CC1CCOc2ccccc21. The lowest BCUT2D eigenvalue weighted by Gasteiger charge is -2.29. The maximum Gasteiger partial charge on any atom is 0.122 e. The molecule has 0 radical (unpaired) electrons. The third kappa shape index (κ3) is 3.17. The van der Waals surface area contributed by atoms with Crippen molar-refractivity contribution < 1.29 is 4.74 Å². The van der Waals surface area contributed by atoms with Gasteiger partial charge in [0.15, 0.2) is 0 Å². The van der Waals surface area contributed by atoms with Gasteiger partial charge in [-0.3, -0.25) is 4.90 Å². The van der Waals surface area contributed by atoms with E-state index in [9.17, 15) is 0 Å². The standard InChI is InChI=1S/C13H18N2OS/c1-15(9-13(14)17)8-10-6-7-16-12-5-3-2-4-11(10)12/h2-5,10H,6-9H2,1H3,(H2,14,17). The van der Waals surface area contributed by atoms with Crippen LogP contribution < -0.4 is 10.5 Å². The number of ether oxygens (including phenoxy) is 1. The van der Waals surface area contributed by atoms with Crippen molar-refractivity contribution in [2.45, 2.75) is 12.3 Å². The molecule has 1 aromatic rings. The first-order chi connectivity index (χ1) is 8.16. The minimum absolute atomic E-state index is 0.513. The molecule has 1 unspecified atom stereocenters. The van der Waals surface area contributed by atoms with E-state index in [1.54, 1.807) is 0 Å². The molecular formula is C13H18N2OS. The number of rotatable bonds is 4. The zero-order valence-electron chi connectivity index (χ0n) is 10.1. The maximum atomic E-state index is 5.65. The molecule has 0 fully saturated rings. The summed E-state index contributed by atoms with van der Waals surface area (Å²) >= 11 is 4.93. The lowest BCUT2D eigenvalue weighted by molar-refractivity contribution is 0.240. The van der Waals surface area contributed by atoms with Crippen LogP contribution in [0.3, 0.4) is 0 Å². The lowest BCUT2D eigenvalue weighted by atomic mass is 9.93. The summed E-state index contributed by atoms with van der Waals surface area (Å²) in [5.41, 5.74) is 6.86. The summed E-state index contributed by atoms with van der Waals surface area (Å²) in [4.78, 5) is 2.72. The molecule has 1 aromatic carbocycles. The molecule has 4 heteroatoms. The Hall–Kier alpha value is -1.13. The molecular weight excluding hydrogens is 232 g/mol. The zero-order chi connectivity index (χ0) is 12.3. The Kier molecular flexibility index (Phi) is 3.97. The van der Waals surface area contributed by atoms with Crippen LogP contribution in [0.4, 0.5) is 0 Å². The molecule has 0 amide bonds. The summed E-state index contributed by atoms with van der Waals surface area (Å²) < 4.78 is 5.65. The first-order valence-corrected chi connectivity index (χ1v) is 6.26. The summed E-state index contributed by atoms with van der Waals surface area (Å²) in [7, 11) is 2.05. The minimum atomic E-state index is 0.513. The van der Waals surface area contributed by atoms with Crippen LogP contribution in [-0.2, 0) is 0 Å². The lowest BCUT2D eigenvalue weighted by Crippen LogP contribution is -2.34. The Morgan fingerprint density at radius 2 is 2.29 bits per heavy atom. The number of benzene rings is 1. The van der Waals surface area contributed by atoms with Gasteiger partial charge in [-0.15, -0.1) is 0 Å². The van der Waals surface area contributed by atoms with Crippen molar-refractivity contribution in [1.29, 1.82) is 0 Å². The van der Waals surface area contributed by atoms with Gasteiger partial charge in [0.25, 0.3) is 0 Å². The third-order valence-corrected chi connectivity index (χ3v) is 3.17. The molecule has 2 rings (SSSR count). The molecule has 0 saturated heterocycles. The Morgan fingerprint density at radius 1 is 1.53 bits per heavy atom. The van der Waals surface area contributed by atoms with Crippen molar-refractivity contribution in [1.82, 2.24) is 4.90 Å². The molecule has 0 saturated carbocycles. The number of nitrogens with zero attached hydrogens (tertiary/aromatic N) is 1.